The van der Waals surface area contributed by atoms with E-state index in [0.717, 1.165) is 17.7 Å². The molecule has 1 aromatic rings. The van der Waals surface area contributed by atoms with Crippen molar-refractivity contribution < 1.29 is 4.39 Å². The van der Waals surface area contributed by atoms with Crippen LogP contribution >= 0.6 is 11.3 Å². The van der Waals surface area contributed by atoms with Crippen LogP contribution in [0.1, 0.15) is 17.7 Å². The molecule has 2 N–H and O–H groups in total. The Bertz CT molecular complexity index is 256. The van der Waals surface area contributed by atoms with Crippen molar-refractivity contribution in [1.29, 1.82) is 0 Å². The van der Waals surface area contributed by atoms with E-state index in [9.17, 15) is 4.39 Å². The van der Waals surface area contributed by atoms with E-state index in [1.54, 1.807) is 0 Å². The van der Waals surface area contributed by atoms with E-state index in [1.165, 1.54) is 11.3 Å². The maximum atomic E-state index is 14.2. The van der Waals surface area contributed by atoms with Crippen LogP contribution in [-0.2, 0) is 5.67 Å². The fourth-order valence-corrected chi connectivity index (χ4v) is 2.43. The highest BCUT2D eigenvalue weighted by Crippen LogP contribution is 2.49. The van der Waals surface area contributed by atoms with Crippen LogP contribution in [0.15, 0.2) is 17.5 Å². The minimum atomic E-state index is -1.23. The van der Waals surface area contributed by atoms with Crippen molar-refractivity contribution in [3.8, 4) is 0 Å². The zero-order valence-corrected chi connectivity index (χ0v) is 7.61. The fourth-order valence-electron chi connectivity index (χ4n) is 1.52. The topological polar surface area (TPSA) is 26.0 Å². The second-order valence-electron chi connectivity index (χ2n) is 3.32. The van der Waals surface area contributed by atoms with Crippen LogP contribution in [0, 0.1) is 5.92 Å². The highest BCUT2D eigenvalue weighted by atomic mass is 32.1. The van der Waals surface area contributed by atoms with Crippen LogP contribution in [0.4, 0.5) is 4.39 Å². The van der Waals surface area contributed by atoms with Crippen LogP contribution in [0.3, 0.4) is 0 Å². The summed E-state index contributed by atoms with van der Waals surface area (Å²) in [6.45, 7) is 0.123. The maximum Gasteiger partial charge on any atom is 0.159 e. The first-order valence-electron chi connectivity index (χ1n) is 4.20. The van der Waals surface area contributed by atoms with Crippen LogP contribution in [0.25, 0.3) is 0 Å². The summed E-state index contributed by atoms with van der Waals surface area (Å²) in [7, 11) is 0. The Labute approximate surface area is 75.4 Å². The van der Waals surface area contributed by atoms with Gasteiger partial charge in [0.05, 0.1) is 0 Å². The number of thiophene rings is 1. The Morgan fingerprint density at radius 1 is 1.67 bits per heavy atom. The summed E-state index contributed by atoms with van der Waals surface area (Å²) in [6, 6.07) is 3.72. The predicted molar refractivity (Wildman–Crippen MR) is 48.9 cm³/mol. The molecule has 66 valence electrons. The molecule has 1 heterocycles. The van der Waals surface area contributed by atoms with Crippen molar-refractivity contribution in [2.45, 2.75) is 18.5 Å². The van der Waals surface area contributed by atoms with E-state index in [4.69, 9.17) is 5.73 Å². The van der Waals surface area contributed by atoms with Gasteiger partial charge in [0.25, 0.3) is 0 Å². The number of hydrogen-bond acceptors (Lipinski definition) is 2. The number of alkyl halides is 1. The number of rotatable bonds is 3. The summed E-state index contributed by atoms with van der Waals surface area (Å²) in [6.07, 6.45) is 1.98. The monoisotopic (exact) mass is 185 g/mol. The van der Waals surface area contributed by atoms with E-state index in [1.807, 2.05) is 17.5 Å². The average molecular weight is 185 g/mol. The lowest BCUT2D eigenvalue weighted by Gasteiger charge is -2.21. The van der Waals surface area contributed by atoms with Crippen LogP contribution in [-0.4, -0.2) is 6.54 Å². The van der Waals surface area contributed by atoms with Crippen molar-refractivity contribution in [3.63, 3.8) is 0 Å². The standard InChI is InChI=1S/C9H12FNS/c10-9(6-11,7-3-4-7)8-2-1-5-12-8/h1-2,5,7H,3-4,6,11H2. The molecule has 1 aromatic heterocycles. The Morgan fingerprint density at radius 3 is 2.83 bits per heavy atom. The molecule has 0 radical (unpaired) electrons. The molecule has 1 aliphatic rings. The molecular weight excluding hydrogens is 173 g/mol. The van der Waals surface area contributed by atoms with Crippen molar-refractivity contribution in [2.75, 3.05) is 6.54 Å². The Kier molecular flexibility index (Phi) is 1.93. The first-order chi connectivity index (χ1) is 5.77. The van der Waals surface area contributed by atoms with Gasteiger partial charge in [-0.1, -0.05) is 6.07 Å². The quantitative estimate of drug-likeness (QED) is 0.768. The smallest absolute Gasteiger partial charge is 0.159 e. The Balaban J connectivity index is 2.27. The number of nitrogens with two attached hydrogens (primary N) is 1. The summed E-state index contributed by atoms with van der Waals surface area (Å²) in [5.41, 5.74) is 4.24. The third-order valence-electron chi connectivity index (χ3n) is 2.45. The molecule has 0 amide bonds. The molecule has 2 rings (SSSR count). The summed E-state index contributed by atoms with van der Waals surface area (Å²) in [5.74, 6) is 0.182. The van der Waals surface area contributed by atoms with Gasteiger partial charge in [0.1, 0.15) is 0 Å². The predicted octanol–water partition coefficient (Wildman–Crippen LogP) is 2.28. The largest absolute Gasteiger partial charge is 0.327 e. The van der Waals surface area contributed by atoms with Gasteiger partial charge in [-0.2, -0.15) is 0 Å². The van der Waals surface area contributed by atoms with Gasteiger partial charge in [0.2, 0.25) is 0 Å². The lowest BCUT2D eigenvalue weighted by atomic mass is 9.98. The van der Waals surface area contributed by atoms with Crippen LogP contribution < -0.4 is 5.73 Å². The fraction of sp³-hybridized carbons (Fsp3) is 0.556. The van der Waals surface area contributed by atoms with Crippen LogP contribution in [0.5, 0.6) is 0 Å². The molecule has 12 heavy (non-hydrogen) atoms. The molecule has 1 nitrogen and oxygen atoms in total. The van der Waals surface area contributed by atoms with E-state index in [-0.39, 0.29) is 12.5 Å². The van der Waals surface area contributed by atoms with Gasteiger partial charge in [-0.15, -0.1) is 11.3 Å². The van der Waals surface area contributed by atoms with Gasteiger partial charge in [-0.25, -0.2) is 4.39 Å². The van der Waals surface area contributed by atoms with Crippen molar-refractivity contribution in [3.05, 3.63) is 22.4 Å². The van der Waals surface area contributed by atoms with Crippen molar-refractivity contribution in [1.82, 2.24) is 0 Å². The Hall–Kier alpha value is -0.410. The molecule has 1 saturated carbocycles. The molecule has 1 atom stereocenters. The van der Waals surface area contributed by atoms with Gasteiger partial charge in [-0.05, 0) is 30.2 Å². The molecule has 0 bridgehead atoms. The molecule has 1 fully saturated rings. The summed E-state index contributed by atoms with van der Waals surface area (Å²) < 4.78 is 14.2. The maximum absolute atomic E-state index is 14.2. The second kappa shape index (κ2) is 2.82. The molecule has 1 unspecified atom stereocenters. The molecular formula is C9H12FNS. The van der Waals surface area contributed by atoms with Crippen molar-refractivity contribution in [2.24, 2.45) is 11.7 Å². The lowest BCUT2D eigenvalue weighted by molar-refractivity contribution is 0.148. The molecule has 0 saturated heterocycles. The first kappa shape index (κ1) is 8.20. The van der Waals surface area contributed by atoms with Crippen molar-refractivity contribution >= 4 is 11.3 Å². The molecule has 0 aliphatic heterocycles. The molecule has 0 spiro atoms. The van der Waals surface area contributed by atoms with Gasteiger partial charge >= 0.3 is 0 Å². The zero-order chi connectivity index (χ0) is 8.60. The molecule has 3 heteroatoms. The second-order valence-corrected chi connectivity index (χ2v) is 4.27. The highest BCUT2D eigenvalue weighted by Gasteiger charge is 2.46. The van der Waals surface area contributed by atoms with Crippen LogP contribution in [0.2, 0.25) is 0 Å². The van der Waals surface area contributed by atoms with Gasteiger partial charge in [0, 0.05) is 11.4 Å². The third-order valence-corrected chi connectivity index (χ3v) is 3.47. The zero-order valence-electron chi connectivity index (χ0n) is 6.79. The highest BCUT2D eigenvalue weighted by molar-refractivity contribution is 7.10. The minimum absolute atomic E-state index is 0.123. The average Bonchev–Trinajstić information content (AvgIpc) is 2.80. The summed E-state index contributed by atoms with van der Waals surface area (Å²) in [4.78, 5) is 0.799. The van der Waals surface area contributed by atoms with E-state index in [2.05, 4.69) is 0 Å². The number of hydrogen-bond donors (Lipinski definition) is 1. The van der Waals surface area contributed by atoms with Gasteiger partial charge in [0.15, 0.2) is 5.67 Å². The van der Waals surface area contributed by atoms with E-state index < -0.39 is 5.67 Å². The number of halogens is 1. The third kappa shape index (κ3) is 1.17. The van der Waals surface area contributed by atoms with E-state index >= 15 is 0 Å². The first-order valence-corrected chi connectivity index (χ1v) is 5.08. The van der Waals surface area contributed by atoms with Gasteiger partial charge < -0.3 is 5.73 Å². The minimum Gasteiger partial charge on any atom is -0.327 e. The normalized spacial score (nSPS) is 22.2. The van der Waals surface area contributed by atoms with Gasteiger partial charge in [-0.3, -0.25) is 0 Å². The van der Waals surface area contributed by atoms with E-state index in [0.29, 0.717) is 0 Å². The Morgan fingerprint density at radius 2 is 2.42 bits per heavy atom. The molecule has 0 aromatic carbocycles. The lowest BCUT2D eigenvalue weighted by Crippen LogP contribution is -2.31. The molecule has 1 aliphatic carbocycles. The summed E-state index contributed by atoms with van der Waals surface area (Å²) in [5, 5.41) is 1.90. The summed E-state index contributed by atoms with van der Waals surface area (Å²) >= 11 is 1.47. The SMILES string of the molecule is NCC(F)(c1cccs1)C1CC1.